The Morgan fingerprint density at radius 2 is 1.91 bits per heavy atom. The number of nitrogens with zero attached hydrogens (tertiary/aromatic N) is 5. The normalized spacial score (nSPS) is 27.1. The van der Waals surface area contributed by atoms with Gasteiger partial charge in [-0.05, 0) is 69.6 Å². The van der Waals surface area contributed by atoms with E-state index in [1.165, 1.54) is 42.3 Å². The number of nitrogens with one attached hydrogen (secondary N) is 1. The molecule has 0 saturated heterocycles. The van der Waals surface area contributed by atoms with Crippen LogP contribution in [0.1, 0.15) is 57.8 Å². The number of fused-ring (bicyclic) bond motifs is 2. The number of imidazole rings is 1. The summed E-state index contributed by atoms with van der Waals surface area (Å²) in [6.07, 6.45) is 4.77. The van der Waals surface area contributed by atoms with Crippen molar-refractivity contribution in [2.24, 2.45) is 22.1 Å². The van der Waals surface area contributed by atoms with Crippen LogP contribution in [0.25, 0.3) is 0 Å². The van der Waals surface area contributed by atoms with Crippen LogP contribution in [0, 0.1) is 11.8 Å². The average molecular weight is 436 g/mol. The van der Waals surface area contributed by atoms with E-state index in [0.717, 1.165) is 24.7 Å². The molecule has 2 heterocycles. The summed E-state index contributed by atoms with van der Waals surface area (Å²) in [6.45, 7) is 9.78. The largest absolute Gasteiger partial charge is 0.397 e. The lowest BCUT2D eigenvalue weighted by Crippen LogP contribution is -2.56. The molecule has 3 aliphatic rings. The van der Waals surface area contributed by atoms with E-state index in [2.05, 4.69) is 46.2 Å². The Morgan fingerprint density at radius 3 is 2.50 bits per heavy atom. The van der Waals surface area contributed by atoms with Crippen LogP contribution in [0.15, 0.2) is 28.6 Å². The van der Waals surface area contributed by atoms with Gasteiger partial charge in [0.25, 0.3) is 5.95 Å². The van der Waals surface area contributed by atoms with Crippen molar-refractivity contribution >= 4 is 40.6 Å². The molecule has 2 aromatic rings. The Bertz CT molecular complexity index is 1170. The summed E-state index contributed by atoms with van der Waals surface area (Å²) in [5.74, 6) is 1.37. The number of carbonyl (C=O) groups excluding carboxylic acids is 2. The molecule has 2 fully saturated rings. The van der Waals surface area contributed by atoms with Gasteiger partial charge in [-0.25, -0.2) is 0 Å². The van der Waals surface area contributed by atoms with E-state index < -0.39 is 0 Å². The first-order valence-corrected chi connectivity index (χ1v) is 11.0. The van der Waals surface area contributed by atoms with Crippen LogP contribution in [0.4, 0.5) is 28.8 Å². The number of carbonyl (C=O) groups is 2. The first kappa shape index (κ1) is 20.7. The quantitative estimate of drug-likeness (QED) is 0.544. The van der Waals surface area contributed by atoms with Crippen LogP contribution in [-0.4, -0.2) is 32.4 Å². The molecule has 5 rings (SSSR count). The van der Waals surface area contributed by atoms with E-state index in [-0.39, 0.29) is 34.7 Å². The number of hydrogen-bond acceptors (Lipinski definition) is 7. The Labute approximate surface area is 187 Å². The van der Waals surface area contributed by atoms with Crippen molar-refractivity contribution in [3.8, 4) is 0 Å². The molecule has 9 nitrogen and oxygen atoms in total. The van der Waals surface area contributed by atoms with Crippen LogP contribution in [0.5, 0.6) is 0 Å². The van der Waals surface area contributed by atoms with E-state index in [1.54, 1.807) is 0 Å². The maximum atomic E-state index is 11.9. The van der Waals surface area contributed by atoms with Crippen molar-refractivity contribution < 1.29 is 9.59 Å². The first-order valence-electron chi connectivity index (χ1n) is 11.0. The lowest BCUT2D eigenvalue weighted by molar-refractivity contribution is -0.114. The molecule has 1 aromatic heterocycles. The Morgan fingerprint density at radius 1 is 1.19 bits per heavy atom. The van der Waals surface area contributed by atoms with E-state index in [4.69, 9.17) is 5.73 Å². The summed E-state index contributed by atoms with van der Waals surface area (Å²) >= 11 is 0. The summed E-state index contributed by atoms with van der Waals surface area (Å²) in [4.78, 5) is 30.0. The summed E-state index contributed by atoms with van der Waals surface area (Å²) in [5.41, 5.74) is 10.2. The summed E-state index contributed by atoms with van der Waals surface area (Å²) < 4.78 is 1.24. The maximum absolute atomic E-state index is 11.9. The zero-order valence-corrected chi connectivity index (χ0v) is 19.1. The van der Waals surface area contributed by atoms with Gasteiger partial charge in [0.1, 0.15) is 5.69 Å². The van der Waals surface area contributed by atoms with Crippen molar-refractivity contribution in [1.82, 2.24) is 9.55 Å². The second-order valence-electron chi connectivity index (χ2n) is 10.1. The number of nitrogens with two attached hydrogens (primary N) is 1. The highest BCUT2D eigenvalue weighted by molar-refractivity contribution is 5.89. The first-order chi connectivity index (χ1) is 15.0. The van der Waals surface area contributed by atoms with Gasteiger partial charge in [-0.15, -0.1) is 10.2 Å². The lowest BCUT2D eigenvalue weighted by Gasteiger charge is -2.51. The van der Waals surface area contributed by atoms with Gasteiger partial charge < -0.3 is 16.0 Å². The van der Waals surface area contributed by atoms with Gasteiger partial charge in [0.15, 0.2) is 5.82 Å². The number of anilines is 3. The number of amides is 1. The number of rotatable bonds is 4. The summed E-state index contributed by atoms with van der Waals surface area (Å²) in [5, 5.41) is 11.0. The Kier molecular flexibility index (Phi) is 4.28. The molecule has 0 bridgehead atoms. The molecular formula is C23H29N7O2. The van der Waals surface area contributed by atoms with Crippen LogP contribution >= 0.6 is 0 Å². The van der Waals surface area contributed by atoms with Gasteiger partial charge in [-0.3, -0.25) is 14.2 Å². The van der Waals surface area contributed by atoms with Gasteiger partial charge in [-0.1, -0.05) is 0 Å². The molecule has 2 saturated carbocycles. The standard InChI is InChI=1S/C23H29N7O2/c1-12(31)25-20-11-29(13(2)32)21(26-20)28-27-18-8-14-6-7-22(3,4)30(19(14)10-17(18)24)23(5)15-9-16(15)23/h8,10-11,15-16H,6-7,9,24H2,1-5H3,(H,25,31). The molecule has 1 aromatic carbocycles. The molecule has 168 valence electrons. The highest BCUT2D eigenvalue weighted by Gasteiger charge is 2.77. The highest BCUT2D eigenvalue weighted by atomic mass is 16.2. The van der Waals surface area contributed by atoms with Crippen molar-refractivity contribution in [2.75, 3.05) is 16.0 Å². The van der Waals surface area contributed by atoms with Gasteiger partial charge in [0.05, 0.1) is 11.9 Å². The van der Waals surface area contributed by atoms with Crippen molar-refractivity contribution in [1.29, 1.82) is 0 Å². The van der Waals surface area contributed by atoms with Crippen molar-refractivity contribution in [3.05, 3.63) is 23.9 Å². The second-order valence-corrected chi connectivity index (χ2v) is 10.1. The van der Waals surface area contributed by atoms with E-state index in [1.807, 2.05) is 12.1 Å². The van der Waals surface area contributed by atoms with Crippen molar-refractivity contribution in [2.45, 2.75) is 65.0 Å². The van der Waals surface area contributed by atoms with Crippen molar-refractivity contribution in [3.63, 3.8) is 0 Å². The molecule has 1 amide bonds. The van der Waals surface area contributed by atoms with Gasteiger partial charge >= 0.3 is 0 Å². The topological polar surface area (TPSA) is 118 Å². The van der Waals surface area contributed by atoms with Gasteiger partial charge in [0, 0.05) is 30.6 Å². The third kappa shape index (κ3) is 3.10. The predicted octanol–water partition coefficient (Wildman–Crippen LogP) is 4.44. The molecule has 32 heavy (non-hydrogen) atoms. The number of aromatic nitrogens is 2. The molecule has 1 aliphatic heterocycles. The van der Waals surface area contributed by atoms with E-state index in [9.17, 15) is 9.59 Å². The highest BCUT2D eigenvalue weighted by Crippen LogP contribution is 2.75. The van der Waals surface area contributed by atoms with Crippen LogP contribution < -0.4 is 16.0 Å². The minimum Gasteiger partial charge on any atom is -0.397 e. The number of azo groups is 1. The molecule has 0 spiro atoms. The van der Waals surface area contributed by atoms with Crippen LogP contribution in [0.3, 0.4) is 0 Å². The van der Waals surface area contributed by atoms with Crippen LogP contribution in [0.2, 0.25) is 0 Å². The van der Waals surface area contributed by atoms with Gasteiger partial charge in [0.2, 0.25) is 11.8 Å². The molecular weight excluding hydrogens is 406 g/mol. The summed E-state index contributed by atoms with van der Waals surface area (Å²) in [6, 6.07) is 4.03. The zero-order chi connectivity index (χ0) is 23.0. The van der Waals surface area contributed by atoms with Crippen LogP contribution in [-0.2, 0) is 11.2 Å². The summed E-state index contributed by atoms with van der Waals surface area (Å²) in [7, 11) is 0. The number of benzene rings is 1. The molecule has 2 unspecified atom stereocenters. The van der Waals surface area contributed by atoms with E-state index >= 15 is 0 Å². The minimum atomic E-state index is -0.282. The molecule has 3 N–H and O–H groups in total. The number of aryl methyl sites for hydroxylation is 1. The predicted molar refractivity (Wildman–Crippen MR) is 123 cm³/mol. The maximum Gasteiger partial charge on any atom is 0.258 e. The molecule has 0 radical (unpaired) electrons. The smallest absolute Gasteiger partial charge is 0.258 e. The second kappa shape index (κ2) is 6.63. The van der Waals surface area contributed by atoms with E-state index in [0.29, 0.717) is 11.4 Å². The fourth-order valence-corrected chi connectivity index (χ4v) is 5.46. The third-order valence-electron chi connectivity index (χ3n) is 7.32. The minimum absolute atomic E-state index is 0.0804. The third-order valence-corrected chi connectivity index (χ3v) is 7.32. The molecule has 2 atom stereocenters. The fraction of sp³-hybridized carbons (Fsp3) is 0.522. The Balaban J connectivity index is 1.48. The molecule has 9 heteroatoms. The number of hydrogen-bond donors (Lipinski definition) is 2. The average Bonchev–Trinajstić information content (AvgIpc) is 3.57. The Hall–Kier alpha value is -3.23. The number of nitrogen functional groups attached to an aromatic ring is 1. The monoisotopic (exact) mass is 435 g/mol. The lowest BCUT2D eigenvalue weighted by atomic mass is 9.83. The SMILES string of the molecule is CC(=O)Nc1cn(C(C)=O)c(N=Nc2cc3c(cc2N)N(C2(C)C4CC42)C(C)(C)CC3)n1. The fourth-order valence-electron chi connectivity index (χ4n) is 5.46. The zero-order valence-electron chi connectivity index (χ0n) is 19.1. The molecule has 2 aliphatic carbocycles. The van der Waals surface area contributed by atoms with Gasteiger partial charge in [-0.2, -0.15) is 4.98 Å².